The molecule has 3 aromatic carbocycles. The van der Waals surface area contributed by atoms with E-state index in [1.165, 1.54) is 0 Å². The normalized spacial score (nSPS) is 23.1. The first kappa shape index (κ1) is 21.7. The summed E-state index contributed by atoms with van der Waals surface area (Å²) in [6.07, 6.45) is 0.101. The lowest BCUT2D eigenvalue weighted by atomic mass is 10.1. The Morgan fingerprint density at radius 2 is 1.00 bits per heavy atom. The quantitative estimate of drug-likeness (QED) is 0.516. The smallest absolute Gasteiger partial charge is 0.111 e. The van der Waals surface area contributed by atoms with Gasteiger partial charge in [-0.1, -0.05) is 91.0 Å². The van der Waals surface area contributed by atoms with Gasteiger partial charge in [0.1, 0.15) is 6.10 Å². The van der Waals surface area contributed by atoms with Gasteiger partial charge in [0.05, 0.1) is 32.0 Å². The van der Waals surface area contributed by atoms with Crippen LogP contribution in [0.3, 0.4) is 0 Å². The highest BCUT2D eigenvalue weighted by Gasteiger charge is 2.45. The molecule has 1 aliphatic carbocycles. The lowest BCUT2D eigenvalue weighted by molar-refractivity contribution is -0.128. The van der Waals surface area contributed by atoms with Gasteiger partial charge in [-0.25, -0.2) is 0 Å². The average Bonchev–Trinajstić information content (AvgIpc) is 3.18. The maximum atomic E-state index is 10.0. The first-order valence-corrected chi connectivity index (χ1v) is 10.9. The third-order valence-corrected chi connectivity index (χ3v) is 5.80. The van der Waals surface area contributed by atoms with Crippen molar-refractivity contribution < 1.29 is 19.3 Å². The molecule has 0 aromatic heterocycles. The monoisotopic (exact) mass is 418 g/mol. The molecule has 3 aromatic rings. The van der Waals surface area contributed by atoms with Gasteiger partial charge < -0.3 is 19.3 Å². The van der Waals surface area contributed by atoms with Crippen molar-refractivity contribution in [2.75, 3.05) is 6.61 Å². The maximum Gasteiger partial charge on any atom is 0.111 e. The van der Waals surface area contributed by atoms with Crippen LogP contribution in [0.5, 0.6) is 0 Å². The van der Waals surface area contributed by atoms with Crippen LogP contribution >= 0.6 is 0 Å². The summed E-state index contributed by atoms with van der Waals surface area (Å²) in [7, 11) is 0. The Bertz CT molecular complexity index is 885. The Hall–Kier alpha value is -2.50. The molecule has 0 unspecified atom stereocenters. The number of benzene rings is 3. The summed E-state index contributed by atoms with van der Waals surface area (Å²) in [5.74, 6) is -0.0229. The first-order chi connectivity index (χ1) is 15.3. The highest BCUT2D eigenvalue weighted by atomic mass is 16.6. The highest BCUT2D eigenvalue weighted by Crippen LogP contribution is 2.35. The van der Waals surface area contributed by atoms with E-state index >= 15 is 0 Å². The Morgan fingerprint density at radius 3 is 1.45 bits per heavy atom. The van der Waals surface area contributed by atoms with Crippen LogP contribution in [0.15, 0.2) is 91.0 Å². The summed E-state index contributed by atoms with van der Waals surface area (Å²) in [6, 6.07) is 30.4. The third-order valence-electron chi connectivity index (χ3n) is 5.80. The number of aliphatic hydroxyl groups is 1. The van der Waals surface area contributed by atoms with Crippen LogP contribution in [0.1, 0.15) is 23.1 Å². The van der Waals surface area contributed by atoms with Crippen molar-refractivity contribution in [1.29, 1.82) is 0 Å². The molecule has 0 saturated heterocycles. The molecule has 162 valence electrons. The molecule has 0 radical (unpaired) electrons. The second-order valence-corrected chi connectivity index (χ2v) is 8.04. The molecule has 4 heteroatoms. The minimum absolute atomic E-state index is 0.0229. The second kappa shape index (κ2) is 11.2. The summed E-state index contributed by atoms with van der Waals surface area (Å²) < 4.78 is 19.0. The van der Waals surface area contributed by atoms with E-state index in [-0.39, 0.29) is 30.8 Å². The van der Waals surface area contributed by atoms with Gasteiger partial charge in [0.2, 0.25) is 0 Å². The zero-order valence-corrected chi connectivity index (χ0v) is 17.7. The largest absolute Gasteiger partial charge is 0.396 e. The Labute approximate surface area is 184 Å². The predicted octanol–water partition coefficient (Wildman–Crippen LogP) is 4.75. The SMILES string of the molecule is OC[C@@H]1C[C@@H](OCc2ccccc2)[C@@H](OCc2ccccc2)[C@@H]1OCc1ccccc1. The molecule has 4 atom stereocenters. The fourth-order valence-corrected chi connectivity index (χ4v) is 4.13. The molecule has 31 heavy (non-hydrogen) atoms. The van der Waals surface area contributed by atoms with Crippen LogP contribution in [0.25, 0.3) is 0 Å². The van der Waals surface area contributed by atoms with Crippen molar-refractivity contribution in [1.82, 2.24) is 0 Å². The summed E-state index contributed by atoms with van der Waals surface area (Å²) in [4.78, 5) is 0. The minimum Gasteiger partial charge on any atom is -0.396 e. The van der Waals surface area contributed by atoms with Gasteiger partial charge >= 0.3 is 0 Å². The van der Waals surface area contributed by atoms with E-state index in [2.05, 4.69) is 24.3 Å². The van der Waals surface area contributed by atoms with Crippen LogP contribution in [0, 0.1) is 5.92 Å². The summed E-state index contributed by atoms with van der Waals surface area (Å²) >= 11 is 0. The van der Waals surface area contributed by atoms with Gasteiger partial charge in [-0.05, 0) is 23.1 Å². The summed E-state index contributed by atoms with van der Waals surface area (Å²) in [5, 5.41) is 10.0. The minimum atomic E-state index is -0.246. The van der Waals surface area contributed by atoms with E-state index in [4.69, 9.17) is 14.2 Å². The number of hydrogen-bond donors (Lipinski definition) is 1. The van der Waals surface area contributed by atoms with Crippen LogP contribution in [-0.2, 0) is 34.0 Å². The maximum absolute atomic E-state index is 10.0. The molecule has 1 saturated carbocycles. The van der Waals surface area contributed by atoms with E-state index in [1.54, 1.807) is 0 Å². The first-order valence-electron chi connectivity index (χ1n) is 10.9. The van der Waals surface area contributed by atoms with Crippen LogP contribution in [0.2, 0.25) is 0 Å². The molecular weight excluding hydrogens is 388 g/mol. The number of ether oxygens (including phenoxy) is 3. The zero-order chi connectivity index (χ0) is 21.3. The molecule has 4 nitrogen and oxygen atoms in total. The number of aliphatic hydroxyl groups excluding tert-OH is 1. The van der Waals surface area contributed by atoms with Gasteiger partial charge in [-0.15, -0.1) is 0 Å². The molecule has 1 fully saturated rings. The average molecular weight is 419 g/mol. The standard InChI is InChI=1S/C27H30O4/c28-17-24-16-25(29-18-21-10-4-1-5-11-21)27(31-20-23-14-8-3-9-15-23)26(24)30-19-22-12-6-2-7-13-22/h1-15,24-28H,16-20H2/t24-,25+,26+,27+/m0/s1. The zero-order valence-electron chi connectivity index (χ0n) is 17.7. The van der Waals surface area contributed by atoms with E-state index < -0.39 is 0 Å². The number of rotatable bonds is 10. The lowest BCUT2D eigenvalue weighted by Gasteiger charge is -2.27. The van der Waals surface area contributed by atoms with E-state index in [0.717, 1.165) is 16.7 Å². The topological polar surface area (TPSA) is 47.9 Å². The molecule has 0 amide bonds. The molecule has 4 rings (SSSR count). The Balaban J connectivity index is 1.46. The summed E-state index contributed by atoms with van der Waals surface area (Å²) in [5.41, 5.74) is 3.34. The Morgan fingerprint density at radius 1 is 0.581 bits per heavy atom. The van der Waals surface area contributed by atoms with Crippen LogP contribution < -0.4 is 0 Å². The molecule has 1 N–H and O–H groups in total. The van der Waals surface area contributed by atoms with Crippen molar-refractivity contribution in [3.05, 3.63) is 108 Å². The molecule has 0 bridgehead atoms. The van der Waals surface area contributed by atoms with Gasteiger partial charge in [0.25, 0.3) is 0 Å². The third kappa shape index (κ3) is 6.02. The Kier molecular flexibility index (Phi) is 7.86. The molecular formula is C27H30O4. The van der Waals surface area contributed by atoms with Crippen LogP contribution in [0.4, 0.5) is 0 Å². The molecule has 0 spiro atoms. The highest BCUT2D eigenvalue weighted by molar-refractivity contribution is 5.15. The molecule has 0 aliphatic heterocycles. The molecule has 0 heterocycles. The van der Waals surface area contributed by atoms with Gasteiger partial charge in [-0.3, -0.25) is 0 Å². The van der Waals surface area contributed by atoms with Crippen molar-refractivity contribution in [3.8, 4) is 0 Å². The summed E-state index contributed by atoms with van der Waals surface area (Å²) in [6.45, 7) is 1.54. The van der Waals surface area contributed by atoms with Gasteiger partial charge in [0, 0.05) is 12.5 Å². The van der Waals surface area contributed by atoms with E-state index in [1.807, 2.05) is 66.7 Å². The second-order valence-electron chi connectivity index (χ2n) is 8.04. The van der Waals surface area contributed by atoms with Crippen molar-refractivity contribution in [2.24, 2.45) is 5.92 Å². The van der Waals surface area contributed by atoms with Crippen molar-refractivity contribution in [2.45, 2.75) is 44.6 Å². The van der Waals surface area contributed by atoms with Crippen LogP contribution in [-0.4, -0.2) is 30.0 Å². The molecule has 1 aliphatic rings. The van der Waals surface area contributed by atoms with Gasteiger partial charge in [0.15, 0.2) is 0 Å². The number of hydrogen-bond acceptors (Lipinski definition) is 4. The fraction of sp³-hybridized carbons (Fsp3) is 0.333. The van der Waals surface area contributed by atoms with Crippen molar-refractivity contribution >= 4 is 0 Å². The van der Waals surface area contributed by atoms with Crippen molar-refractivity contribution in [3.63, 3.8) is 0 Å². The predicted molar refractivity (Wildman–Crippen MR) is 120 cm³/mol. The lowest BCUT2D eigenvalue weighted by Crippen LogP contribution is -2.37. The van der Waals surface area contributed by atoms with E-state index in [9.17, 15) is 5.11 Å². The fourth-order valence-electron chi connectivity index (χ4n) is 4.13. The van der Waals surface area contributed by atoms with Gasteiger partial charge in [-0.2, -0.15) is 0 Å². The van der Waals surface area contributed by atoms with E-state index in [0.29, 0.717) is 26.2 Å².